The Hall–Kier alpha value is -3.57. The van der Waals surface area contributed by atoms with Gasteiger partial charge in [-0.15, -0.1) is 10.2 Å². The summed E-state index contributed by atoms with van der Waals surface area (Å²) >= 11 is 0. The maximum Gasteiger partial charge on any atom is 0.314 e. The molecule has 3 rings (SSSR count). The molecule has 0 saturated heterocycles. The van der Waals surface area contributed by atoms with E-state index in [9.17, 15) is 33.3 Å². The lowest BCUT2D eigenvalue weighted by molar-refractivity contribution is -0.386. The van der Waals surface area contributed by atoms with Crippen LogP contribution in [-0.4, -0.2) is 28.1 Å². The van der Waals surface area contributed by atoms with E-state index in [0.717, 1.165) is 5.39 Å². The molecule has 0 atom stereocenters. The number of hydrogen-bond acceptors (Lipinski definition) is 9. The first-order valence-corrected chi connectivity index (χ1v) is 8.69. The number of hydrogen-bond donors (Lipinski definition) is 2. The summed E-state index contributed by atoms with van der Waals surface area (Å²) in [6, 6.07) is 10.9. The molecule has 10 nitrogen and oxygen atoms in total. The summed E-state index contributed by atoms with van der Waals surface area (Å²) in [5.41, 5.74) is -1.61. The third-order valence-corrected chi connectivity index (χ3v) is 4.48. The summed E-state index contributed by atoms with van der Waals surface area (Å²) in [6.45, 7) is 0. The number of nitrogens with zero attached hydrogens (tertiary/aromatic N) is 3. The van der Waals surface area contributed by atoms with Gasteiger partial charge < -0.3 is 14.8 Å². The van der Waals surface area contributed by atoms with Gasteiger partial charge in [-0.3, -0.25) is 10.1 Å². The Morgan fingerprint density at radius 2 is 1.70 bits per heavy atom. The Bertz CT molecular complexity index is 1210. The fraction of sp³-hybridized carbons (Fsp3) is 0. The highest BCUT2D eigenvalue weighted by Gasteiger charge is 2.21. The summed E-state index contributed by atoms with van der Waals surface area (Å²) < 4.78 is 33.6. The van der Waals surface area contributed by atoms with Gasteiger partial charge in [0.25, 0.3) is 0 Å². The molecule has 0 bridgehead atoms. The molecule has 0 amide bonds. The first kappa shape index (κ1) is 18.2. The number of phenolic OH excluding ortho intramolecular Hbond substituents is 2. The van der Waals surface area contributed by atoms with E-state index in [2.05, 4.69) is 10.2 Å². The molecule has 0 aliphatic carbocycles. The van der Waals surface area contributed by atoms with Gasteiger partial charge in [0.2, 0.25) is 5.75 Å². The van der Waals surface area contributed by atoms with Crippen LogP contribution in [0.2, 0.25) is 0 Å². The van der Waals surface area contributed by atoms with E-state index in [1.807, 2.05) is 0 Å². The molecule has 0 radical (unpaired) electrons. The van der Waals surface area contributed by atoms with Crippen LogP contribution in [0.1, 0.15) is 0 Å². The number of aromatic hydroxyl groups is 2. The molecule has 3 aromatic rings. The van der Waals surface area contributed by atoms with E-state index in [0.29, 0.717) is 17.5 Å². The van der Waals surface area contributed by atoms with E-state index in [-0.39, 0.29) is 11.4 Å². The summed E-state index contributed by atoms with van der Waals surface area (Å²) in [4.78, 5) is 8.99. The van der Waals surface area contributed by atoms with Gasteiger partial charge in [-0.25, -0.2) is 8.42 Å². The van der Waals surface area contributed by atoms with Crippen molar-refractivity contribution in [2.45, 2.75) is 4.90 Å². The highest BCUT2D eigenvalue weighted by molar-refractivity contribution is 7.85. The van der Waals surface area contributed by atoms with Crippen molar-refractivity contribution in [3.63, 3.8) is 0 Å². The first-order valence-electron chi connectivity index (χ1n) is 7.28. The average molecular weight is 388 g/mol. The standard InChI is InChI=1S/C16H11N3O7S/c20-14-6-5-9-3-1-2-4-11(9)15(14)18-17-12-7-10(27(24,25)26)8-13(16(12)21)19(22)23/h1-8,20-21H,(H,24,25,26)/p-1. The van der Waals surface area contributed by atoms with Gasteiger partial charge in [-0.2, -0.15) is 0 Å². The molecule has 3 aromatic carbocycles. The monoisotopic (exact) mass is 388 g/mol. The molecule has 0 aromatic heterocycles. The fourth-order valence-electron chi connectivity index (χ4n) is 2.39. The molecule has 0 aliphatic heterocycles. The fourth-order valence-corrected chi connectivity index (χ4v) is 2.90. The molecule has 0 heterocycles. The topological polar surface area (TPSA) is 166 Å². The van der Waals surface area contributed by atoms with Crippen molar-refractivity contribution in [1.82, 2.24) is 0 Å². The maximum atomic E-state index is 11.2. The molecule has 0 saturated carbocycles. The highest BCUT2D eigenvalue weighted by atomic mass is 32.2. The number of azo groups is 1. The van der Waals surface area contributed by atoms with E-state index in [1.165, 1.54) is 6.07 Å². The third kappa shape index (κ3) is 3.54. The molecule has 11 heteroatoms. The zero-order chi connectivity index (χ0) is 19.8. The second kappa shape index (κ2) is 6.63. The zero-order valence-corrected chi connectivity index (χ0v) is 14.1. The van der Waals surface area contributed by atoms with Crippen molar-refractivity contribution in [3.8, 4) is 11.5 Å². The van der Waals surface area contributed by atoms with Crippen LogP contribution < -0.4 is 0 Å². The third-order valence-electron chi connectivity index (χ3n) is 3.67. The largest absolute Gasteiger partial charge is 0.744 e. The Kier molecular flexibility index (Phi) is 4.47. The van der Waals surface area contributed by atoms with Gasteiger partial charge in [-0.1, -0.05) is 30.3 Å². The minimum Gasteiger partial charge on any atom is -0.744 e. The Morgan fingerprint density at radius 3 is 2.37 bits per heavy atom. The molecule has 0 spiro atoms. The van der Waals surface area contributed by atoms with Crippen LogP contribution in [0.15, 0.2) is 63.7 Å². The Labute approximate surface area is 151 Å². The Morgan fingerprint density at radius 1 is 1.00 bits per heavy atom. The molecular formula is C16H10N3O7S-. The van der Waals surface area contributed by atoms with Crippen molar-refractivity contribution in [3.05, 3.63) is 58.6 Å². The zero-order valence-electron chi connectivity index (χ0n) is 13.3. The molecule has 2 N–H and O–H groups in total. The summed E-state index contributed by atoms with van der Waals surface area (Å²) in [6.07, 6.45) is 0. The lowest BCUT2D eigenvalue weighted by atomic mass is 10.1. The van der Waals surface area contributed by atoms with E-state index in [1.54, 1.807) is 30.3 Å². The number of fused-ring (bicyclic) bond motifs is 1. The van der Waals surface area contributed by atoms with Crippen molar-refractivity contribution in [2.75, 3.05) is 0 Å². The second-order valence-corrected chi connectivity index (χ2v) is 6.76. The molecule has 0 unspecified atom stereocenters. The van der Waals surface area contributed by atoms with Crippen LogP contribution in [0.3, 0.4) is 0 Å². The van der Waals surface area contributed by atoms with Crippen LogP contribution in [0, 0.1) is 10.1 Å². The average Bonchev–Trinajstić information content (AvgIpc) is 2.60. The molecule has 27 heavy (non-hydrogen) atoms. The molecular weight excluding hydrogens is 378 g/mol. The van der Waals surface area contributed by atoms with Gasteiger partial charge in [0.1, 0.15) is 27.2 Å². The van der Waals surface area contributed by atoms with Crippen molar-refractivity contribution in [2.24, 2.45) is 10.2 Å². The van der Waals surface area contributed by atoms with Gasteiger partial charge in [0.05, 0.1) is 9.82 Å². The van der Waals surface area contributed by atoms with Gasteiger partial charge in [-0.05, 0) is 17.5 Å². The SMILES string of the molecule is O=[N+]([O-])c1cc(S(=O)(=O)[O-])cc(N=Nc2c(O)ccc3ccccc23)c1O. The molecule has 138 valence electrons. The minimum atomic E-state index is -5.04. The normalized spacial score (nSPS) is 11.9. The van der Waals surface area contributed by atoms with Crippen molar-refractivity contribution >= 4 is 38.0 Å². The van der Waals surface area contributed by atoms with Gasteiger partial charge in [0.15, 0.2) is 0 Å². The summed E-state index contributed by atoms with van der Waals surface area (Å²) in [5, 5.41) is 39.6. The lowest BCUT2D eigenvalue weighted by Crippen LogP contribution is -2.00. The van der Waals surface area contributed by atoms with Crippen LogP contribution in [0.5, 0.6) is 11.5 Å². The Balaban J connectivity index is 2.20. The summed E-state index contributed by atoms with van der Waals surface area (Å²) in [5.74, 6) is -1.21. The van der Waals surface area contributed by atoms with Crippen LogP contribution >= 0.6 is 0 Å². The number of nitro groups is 1. The van der Waals surface area contributed by atoms with Crippen molar-refractivity contribution < 1.29 is 28.1 Å². The predicted octanol–water partition coefficient (Wildman–Crippen LogP) is 3.48. The van der Waals surface area contributed by atoms with E-state index >= 15 is 0 Å². The number of benzene rings is 3. The number of phenols is 2. The summed E-state index contributed by atoms with van der Waals surface area (Å²) in [7, 11) is -5.04. The van der Waals surface area contributed by atoms with Crippen LogP contribution in [0.4, 0.5) is 17.1 Å². The van der Waals surface area contributed by atoms with Crippen molar-refractivity contribution in [1.29, 1.82) is 0 Å². The predicted molar refractivity (Wildman–Crippen MR) is 92.5 cm³/mol. The smallest absolute Gasteiger partial charge is 0.314 e. The number of nitro benzene ring substituents is 1. The minimum absolute atomic E-state index is 0.00513. The van der Waals surface area contributed by atoms with Gasteiger partial charge in [0, 0.05) is 11.5 Å². The maximum absolute atomic E-state index is 11.2. The van der Waals surface area contributed by atoms with Crippen LogP contribution in [0.25, 0.3) is 10.8 Å². The quantitative estimate of drug-likeness (QED) is 0.299. The van der Waals surface area contributed by atoms with E-state index < -0.39 is 37.1 Å². The second-order valence-electron chi connectivity index (χ2n) is 5.38. The first-order chi connectivity index (χ1) is 12.7. The molecule has 0 aliphatic rings. The molecule has 0 fully saturated rings. The van der Waals surface area contributed by atoms with E-state index in [4.69, 9.17) is 0 Å². The van der Waals surface area contributed by atoms with Gasteiger partial charge >= 0.3 is 5.69 Å². The number of rotatable bonds is 4. The lowest BCUT2D eigenvalue weighted by Gasteiger charge is -2.09. The van der Waals surface area contributed by atoms with Crippen LogP contribution in [-0.2, 0) is 10.1 Å². The highest BCUT2D eigenvalue weighted by Crippen LogP contribution is 2.41.